The average molecular weight is 434 g/mol. The Morgan fingerprint density at radius 1 is 1.00 bits per heavy atom. The number of isothiocyanates is 1. The fourth-order valence-corrected chi connectivity index (χ4v) is 4.49. The zero-order valence-corrected chi connectivity index (χ0v) is 17.7. The molecule has 0 radical (unpaired) electrons. The molecule has 1 aliphatic rings. The van der Waals surface area contributed by atoms with Crippen molar-refractivity contribution >= 4 is 34.4 Å². The van der Waals surface area contributed by atoms with Crippen LogP contribution < -0.4 is 0 Å². The van der Waals surface area contributed by atoms with Gasteiger partial charge in [-0.15, -0.1) is 11.3 Å². The molecular weight excluding hydrogens is 416 g/mol. The van der Waals surface area contributed by atoms with E-state index in [2.05, 4.69) is 46.4 Å². The fraction of sp³-hybridized carbons (Fsp3) is 0.160. The smallest absolute Gasteiger partial charge is 0.135 e. The largest absolute Gasteiger partial charge is 0.206 e. The van der Waals surface area contributed by atoms with Crippen LogP contribution in [-0.2, 0) is 6.42 Å². The molecule has 148 valence electrons. The second-order valence-corrected chi connectivity index (χ2v) is 8.36. The lowest BCUT2D eigenvalue weighted by Crippen LogP contribution is -1.92. The second kappa shape index (κ2) is 9.28. The van der Waals surface area contributed by atoms with Crippen LogP contribution in [0, 0.1) is 23.5 Å². The maximum absolute atomic E-state index is 14.6. The highest BCUT2D eigenvalue weighted by molar-refractivity contribution is 7.78. The van der Waals surface area contributed by atoms with E-state index in [4.69, 9.17) is 0 Å². The van der Waals surface area contributed by atoms with Gasteiger partial charge in [-0.3, -0.25) is 0 Å². The molecule has 4 rings (SSSR count). The summed E-state index contributed by atoms with van der Waals surface area (Å²) in [5.41, 5.74) is 2.72. The first-order valence-electron chi connectivity index (χ1n) is 9.58. The Labute approximate surface area is 183 Å². The summed E-state index contributed by atoms with van der Waals surface area (Å²) in [6, 6.07) is 13.1. The molecule has 0 saturated carbocycles. The van der Waals surface area contributed by atoms with E-state index in [0.717, 1.165) is 11.3 Å². The van der Waals surface area contributed by atoms with Gasteiger partial charge in [-0.1, -0.05) is 35.6 Å². The maximum Gasteiger partial charge on any atom is 0.135 e. The topological polar surface area (TPSA) is 12.4 Å². The molecule has 2 aromatic carbocycles. The van der Waals surface area contributed by atoms with Crippen LogP contribution in [0.4, 0.5) is 14.5 Å². The Hall–Kier alpha value is -2.90. The molecule has 0 fully saturated rings. The lowest BCUT2D eigenvalue weighted by atomic mass is 10.0. The summed E-state index contributed by atoms with van der Waals surface area (Å²) in [6.45, 7) is 0. The first-order chi connectivity index (χ1) is 14.6. The van der Waals surface area contributed by atoms with Crippen molar-refractivity contribution in [3.8, 4) is 23.0 Å². The zero-order valence-electron chi connectivity index (χ0n) is 16.0. The third kappa shape index (κ3) is 4.80. The molecule has 0 amide bonds. The summed E-state index contributed by atoms with van der Waals surface area (Å²) < 4.78 is 29.3. The van der Waals surface area contributed by atoms with Crippen LogP contribution in [0.15, 0.2) is 65.2 Å². The fourth-order valence-electron chi connectivity index (χ4n) is 3.47. The van der Waals surface area contributed by atoms with E-state index in [1.165, 1.54) is 41.8 Å². The molecular formula is C25H17F2NS2. The number of hydrogen-bond donors (Lipinski definition) is 0. The Morgan fingerprint density at radius 2 is 1.77 bits per heavy atom. The Kier molecular flexibility index (Phi) is 6.30. The van der Waals surface area contributed by atoms with Crippen molar-refractivity contribution in [2.75, 3.05) is 0 Å². The van der Waals surface area contributed by atoms with Gasteiger partial charge in [-0.25, -0.2) is 8.78 Å². The molecule has 0 bridgehead atoms. The van der Waals surface area contributed by atoms with Gasteiger partial charge in [0.05, 0.1) is 21.3 Å². The summed E-state index contributed by atoms with van der Waals surface area (Å²) in [7, 11) is 0. The first kappa shape index (κ1) is 20.4. The van der Waals surface area contributed by atoms with Crippen molar-refractivity contribution in [2.45, 2.75) is 25.7 Å². The van der Waals surface area contributed by atoms with Gasteiger partial charge in [0.2, 0.25) is 0 Å². The predicted octanol–water partition coefficient (Wildman–Crippen LogP) is 7.48. The third-order valence-corrected chi connectivity index (χ3v) is 5.99. The molecule has 0 N–H and O–H groups in total. The summed E-state index contributed by atoms with van der Waals surface area (Å²) in [6.07, 6.45) is 6.87. The van der Waals surface area contributed by atoms with Gasteiger partial charge in [0.15, 0.2) is 0 Å². The highest BCUT2D eigenvalue weighted by Gasteiger charge is 2.13. The highest BCUT2D eigenvalue weighted by Crippen LogP contribution is 2.29. The minimum atomic E-state index is -0.648. The minimum Gasteiger partial charge on any atom is -0.206 e. The van der Waals surface area contributed by atoms with Gasteiger partial charge in [-0.05, 0) is 73.4 Å². The van der Waals surface area contributed by atoms with Gasteiger partial charge in [-0.2, -0.15) is 4.99 Å². The number of nitrogens with zero attached hydrogens (tertiary/aromatic N) is 1. The Morgan fingerprint density at radius 3 is 2.43 bits per heavy atom. The van der Waals surface area contributed by atoms with Crippen molar-refractivity contribution in [1.29, 1.82) is 0 Å². The molecule has 1 nitrogen and oxygen atoms in total. The van der Waals surface area contributed by atoms with E-state index >= 15 is 0 Å². The number of thiocarbonyl (C=S) groups is 1. The number of hydrogen-bond acceptors (Lipinski definition) is 3. The van der Waals surface area contributed by atoms with E-state index in [1.54, 1.807) is 35.6 Å². The number of thiophene rings is 1. The average Bonchev–Trinajstić information content (AvgIpc) is 3.40. The van der Waals surface area contributed by atoms with Crippen molar-refractivity contribution in [1.82, 2.24) is 0 Å². The van der Waals surface area contributed by atoms with Crippen LogP contribution in [0.2, 0.25) is 0 Å². The highest BCUT2D eigenvalue weighted by atomic mass is 32.1. The monoisotopic (exact) mass is 433 g/mol. The molecule has 1 aromatic heterocycles. The molecule has 0 unspecified atom stereocenters. The van der Waals surface area contributed by atoms with Gasteiger partial charge in [0.1, 0.15) is 11.6 Å². The lowest BCUT2D eigenvalue weighted by molar-refractivity contribution is 0.589. The van der Waals surface area contributed by atoms with E-state index in [-0.39, 0.29) is 5.56 Å². The number of benzene rings is 2. The summed E-state index contributed by atoms with van der Waals surface area (Å²) in [5.74, 6) is 4.62. The first-order valence-corrected chi connectivity index (χ1v) is 10.8. The van der Waals surface area contributed by atoms with Gasteiger partial charge in [0.25, 0.3) is 0 Å². The van der Waals surface area contributed by atoms with Gasteiger partial charge >= 0.3 is 0 Å². The van der Waals surface area contributed by atoms with Crippen molar-refractivity contribution in [2.24, 2.45) is 4.99 Å². The van der Waals surface area contributed by atoms with Crippen molar-refractivity contribution < 1.29 is 8.78 Å². The van der Waals surface area contributed by atoms with Gasteiger partial charge in [0, 0.05) is 16.9 Å². The van der Waals surface area contributed by atoms with Crippen LogP contribution in [-0.4, -0.2) is 5.16 Å². The molecule has 1 aliphatic carbocycles. The van der Waals surface area contributed by atoms with Gasteiger partial charge < -0.3 is 0 Å². The zero-order chi connectivity index (χ0) is 20.9. The molecule has 0 atom stereocenters. The molecule has 0 spiro atoms. The van der Waals surface area contributed by atoms with Crippen molar-refractivity contribution in [3.05, 3.63) is 87.1 Å². The number of rotatable bonds is 4. The lowest BCUT2D eigenvalue weighted by Gasteiger charge is -2.06. The number of aliphatic imine (C=N–C) groups is 1. The van der Waals surface area contributed by atoms with Crippen LogP contribution in [0.1, 0.15) is 34.6 Å². The SMILES string of the molecule is Fc1cc(C#Cc2ccc(CC3=CCCC3)s2)cc(F)c1-c1ccc(N=C=S)cc1. The Balaban J connectivity index is 1.54. The Bertz CT molecular complexity index is 1200. The minimum absolute atomic E-state index is 0.0818. The third-order valence-electron chi connectivity index (χ3n) is 4.90. The van der Waals surface area contributed by atoms with Crippen LogP contribution in [0.5, 0.6) is 0 Å². The van der Waals surface area contributed by atoms with E-state index in [9.17, 15) is 8.78 Å². The molecule has 0 saturated heterocycles. The maximum atomic E-state index is 14.6. The summed E-state index contributed by atoms with van der Waals surface area (Å²) in [5, 5.41) is 2.26. The van der Waals surface area contributed by atoms with Crippen LogP contribution in [0.3, 0.4) is 0 Å². The standard InChI is InChI=1S/C25H17F2NS2/c26-23-14-18(5-10-21-11-12-22(30-21)13-17-3-1-2-4-17)15-24(27)25(23)19-6-8-20(9-7-19)28-16-29/h3,6-9,11-12,14-15H,1-2,4,13H2. The van der Waals surface area contributed by atoms with Crippen LogP contribution in [0.25, 0.3) is 11.1 Å². The second-order valence-electron chi connectivity index (χ2n) is 7.01. The molecule has 3 aromatic rings. The summed E-state index contributed by atoms with van der Waals surface area (Å²) >= 11 is 6.19. The summed E-state index contributed by atoms with van der Waals surface area (Å²) in [4.78, 5) is 6.00. The molecule has 5 heteroatoms. The molecule has 0 aliphatic heterocycles. The van der Waals surface area contributed by atoms with E-state index in [1.807, 2.05) is 6.07 Å². The number of allylic oxidation sites excluding steroid dienone is 2. The van der Waals surface area contributed by atoms with Crippen LogP contribution >= 0.6 is 23.6 Å². The normalized spacial score (nSPS) is 12.7. The van der Waals surface area contributed by atoms with E-state index in [0.29, 0.717) is 16.8 Å². The quantitative estimate of drug-likeness (QED) is 0.180. The molecule has 30 heavy (non-hydrogen) atoms. The van der Waals surface area contributed by atoms with Crippen molar-refractivity contribution in [3.63, 3.8) is 0 Å². The number of halogens is 2. The van der Waals surface area contributed by atoms with E-state index < -0.39 is 11.6 Å². The predicted molar refractivity (Wildman–Crippen MR) is 122 cm³/mol. The molecule has 1 heterocycles.